The highest BCUT2D eigenvalue weighted by Gasteiger charge is 2.19. The van der Waals surface area contributed by atoms with Crippen LogP contribution in [0, 0.1) is 0 Å². The normalized spacial score (nSPS) is 16.0. The molecule has 0 radical (unpaired) electrons. The molecule has 1 aromatic carbocycles. The molecule has 0 N–H and O–H groups in total. The zero-order valence-electron chi connectivity index (χ0n) is 13.1. The molecule has 1 heterocycles. The summed E-state index contributed by atoms with van der Waals surface area (Å²) in [6, 6.07) is 11.4. The first-order valence-corrected chi connectivity index (χ1v) is 8.01. The summed E-state index contributed by atoms with van der Waals surface area (Å²) >= 11 is 0. The van der Waals surface area contributed by atoms with E-state index in [2.05, 4.69) is 59.2 Å². The van der Waals surface area contributed by atoms with E-state index in [1.165, 1.54) is 36.5 Å². The molecule has 1 fully saturated rings. The number of fused-ring (bicyclic) bond motifs is 1. The van der Waals surface area contributed by atoms with Gasteiger partial charge in [0.2, 0.25) is 0 Å². The smallest absolute Gasteiger partial charge is 0.136 e. The molecule has 1 saturated carbocycles. The maximum absolute atomic E-state index is 4.59. The summed E-state index contributed by atoms with van der Waals surface area (Å²) in [7, 11) is 4.41. The van der Waals surface area contributed by atoms with Gasteiger partial charge in [0.15, 0.2) is 0 Å². The average Bonchev–Trinajstić information content (AvgIpc) is 3.06. The molecule has 112 valence electrons. The van der Waals surface area contributed by atoms with Crippen LogP contribution in [0.3, 0.4) is 0 Å². The lowest BCUT2D eigenvalue weighted by atomic mass is 10.1. The van der Waals surface area contributed by atoms with Crippen molar-refractivity contribution in [2.75, 3.05) is 32.1 Å². The molecule has 1 aromatic heterocycles. The number of hydrogen-bond acceptors (Lipinski definition) is 3. The fourth-order valence-corrected chi connectivity index (χ4v) is 3.35. The van der Waals surface area contributed by atoms with Gasteiger partial charge in [-0.3, -0.25) is 0 Å². The van der Waals surface area contributed by atoms with Crippen LogP contribution in [0.2, 0.25) is 0 Å². The number of nitrogens with zero attached hydrogens (tertiary/aromatic N) is 3. The van der Waals surface area contributed by atoms with Crippen LogP contribution in [0.1, 0.15) is 25.7 Å². The maximum atomic E-state index is 4.59. The molecule has 0 spiro atoms. The molecular formula is C18H25N3. The van der Waals surface area contributed by atoms with E-state index < -0.39 is 0 Å². The highest BCUT2D eigenvalue weighted by molar-refractivity contribution is 5.91. The predicted molar refractivity (Wildman–Crippen MR) is 89.9 cm³/mol. The van der Waals surface area contributed by atoms with Gasteiger partial charge in [0, 0.05) is 37.8 Å². The summed E-state index contributed by atoms with van der Waals surface area (Å²) < 4.78 is 0. The fraction of sp³-hybridized carbons (Fsp3) is 0.500. The van der Waals surface area contributed by atoms with Crippen molar-refractivity contribution in [2.45, 2.75) is 31.7 Å². The molecule has 0 amide bonds. The zero-order valence-corrected chi connectivity index (χ0v) is 13.1. The minimum absolute atomic E-state index is 0.791. The summed E-state index contributed by atoms with van der Waals surface area (Å²) in [5.41, 5.74) is 0. The van der Waals surface area contributed by atoms with Crippen molar-refractivity contribution in [3.05, 3.63) is 36.5 Å². The molecule has 3 heteroatoms. The molecule has 1 aliphatic carbocycles. The lowest BCUT2D eigenvalue weighted by Gasteiger charge is -2.27. The molecule has 0 bridgehead atoms. The van der Waals surface area contributed by atoms with E-state index in [1.54, 1.807) is 0 Å². The average molecular weight is 283 g/mol. The molecule has 0 aliphatic heterocycles. The molecule has 0 saturated heterocycles. The third-order valence-corrected chi connectivity index (χ3v) is 4.75. The molecule has 3 rings (SSSR count). The van der Waals surface area contributed by atoms with Crippen molar-refractivity contribution in [2.24, 2.45) is 0 Å². The van der Waals surface area contributed by atoms with Crippen LogP contribution in [0.4, 0.5) is 5.82 Å². The number of hydrogen-bond donors (Lipinski definition) is 0. The van der Waals surface area contributed by atoms with Crippen molar-refractivity contribution in [1.82, 2.24) is 9.88 Å². The molecule has 2 aromatic rings. The van der Waals surface area contributed by atoms with Gasteiger partial charge in [-0.15, -0.1) is 0 Å². The number of pyridine rings is 1. The topological polar surface area (TPSA) is 19.4 Å². The van der Waals surface area contributed by atoms with Crippen LogP contribution in [-0.2, 0) is 0 Å². The van der Waals surface area contributed by atoms with Gasteiger partial charge in [-0.1, -0.05) is 37.1 Å². The highest BCUT2D eigenvalue weighted by atomic mass is 15.2. The fourth-order valence-electron chi connectivity index (χ4n) is 3.35. The molecule has 0 atom stereocenters. The van der Waals surface area contributed by atoms with E-state index in [4.69, 9.17) is 0 Å². The number of likely N-dealkylation sites (N-methyl/N-ethyl adjacent to an activating group) is 2. The Bertz CT molecular complexity index is 585. The second-order valence-electron chi connectivity index (χ2n) is 6.20. The van der Waals surface area contributed by atoms with Gasteiger partial charge in [0.05, 0.1) is 0 Å². The molecule has 0 unspecified atom stereocenters. The first kappa shape index (κ1) is 14.3. The van der Waals surface area contributed by atoms with Crippen molar-refractivity contribution in [1.29, 1.82) is 0 Å². The number of rotatable bonds is 5. The van der Waals surface area contributed by atoms with E-state index in [-0.39, 0.29) is 0 Å². The summed E-state index contributed by atoms with van der Waals surface area (Å²) in [6.07, 6.45) is 7.44. The van der Waals surface area contributed by atoms with Gasteiger partial charge in [0.25, 0.3) is 0 Å². The van der Waals surface area contributed by atoms with Gasteiger partial charge in [-0.05, 0) is 31.3 Å². The van der Waals surface area contributed by atoms with Crippen LogP contribution in [0.15, 0.2) is 36.5 Å². The Labute approximate surface area is 127 Å². The molecule has 1 aliphatic rings. The Morgan fingerprint density at radius 2 is 1.81 bits per heavy atom. The van der Waals surface area contributed by atoms with Gasteiger partial charge in [-0.2, -0.15) is 0 Å². The second-order valence-corrected chi connectivity index (χ2v) is 6.20. The third kappa shape index (κ3) is 3.18. The predicted octanol–water partition coefficient (Wildman–Crippen LogP) is 3.55. The van der Waals surface area contributed by atoms with E-state index in [0.29, 0.717) is 0 Å². The van der Waals surface area contributed by atoms with Crippen molar-refractivity contribution < 1.29 is 0 Å². The monoisotopic (exact) mass is 283 g/mol. The Morgan fingerprint density at radius 1 is 1.05 bits per heavy atom. The van der Waals surface area contributed by atoms with Gasteiger partial charge >= 0.3 is 0 Å². The molecule has 3 nitrogen and oxygen atoms in total. The van der Waals surface area contributed by atoms with Crippen molar-refractivity contribution in [3.8, 4) is 0 Å². The summed E-state index contributed by atoms with van der Waals surface area (Å²) in [5.74, 6) is 1.09. The molecular weight excluding hydrogens is 258 g/mol. The van der Waals surface area contributed by atoms with Crippen molar-refractivity contribution in [3.63, 3.8) is 0 Å². The van der Waals surface area contributed by atoms with Crippen LogP contribution in [0.5, 0.6) is 0 Å². The number of aromatic nitrogens is 1. The standard InChI is InChI=1S/C18H25N3/c1-20(16-8-4-5-9-16)13-14-21(2)18-17-10-6-3-7-15(17)11-12-19-18/h3,6-7,10-12,16H,4-5,8-9,13-14H2,1-2H3. The summed E-state index contributed by atoms with van der Waals surface area (Å²) in [4.78, 5) is 9.40. The lowest BCUT2D eigenvalue weighted by molar-refractivity contribution is 0.251. The number of benzene rings is 1. The number of anilines is 1. The quantitative estimate of drug-likeness (QED) is 0.836. The van der Waals surface area contributed by atoms with Gasteiger partial charge in [-0.25, -0.2) is 4.98 Å². The van der Waals surface area contributed by atoms with E-state index in [9.17, 15) is 0 Å². The van der Waals surface area contributed by atoms with E-state index >= 15 is 0 Å². The Morgan fingerprint density at radius 3 is 2.62 bits per heavy atom. The third-order valence-electron chi connectivity index (χ3n) is 4.75. The van der Waals surface area contributed by atoms with Crippen LogP contribution < -0.4 is 4.90 Å². The Kier molecular flexibility index (Phi) is 4.39. The Balaban J connectivity index is 1.67. The second kappa shape index (κ2) is 6.44. The maximum Gasteiger partial charge on any atom is 0.136 e. The Hall–Kier alpha value is -1.61. The molecule has 21 heavy (non-hydrogen) atoms. The summed E-state index contributed by atoms with van der Waals surface area (Å²) in [5, 5.41) is 2.50. The van der Waals surface area contributed by atoms with Crippen molar-refractivity contribution >= 4 is 16.6 Å². The van der Waals surface area contributed by atoms with Crippen LogP contribution in [0.25, 0.3) is 10.8 Å². The van der Waals surface area contributed by atoms with Crippen LogP contribution in [-0.4, -0.2) is 43.1 Å². The minimum Gasteiger partial charge on any atom is -0.358 e. The first-order valence-electron chi connectivity index (χ1n) is 8.01. The highest BCUT2D eigenvalue weighted by Crippen LogP contribution is 2.24. The summed E-state index contributed by atoms with van der Waals surface area (Å²) in [6.45, 7) is 2.13. The van der Waals surface area contributed by atoms with Gasteiger partial charge in [0.1, 0.15) is 5.82 Å². The van der Waals surface area contributed by atoms with Crippen LogP contribution >= 0.6 is 0 Å². The van der Waals surface area contributed by atoms with E-state index in [1.807, 2.05) is 6.20 Å². The van der Waals surface area contributed by atoms with E-state index in [0.717, 1.165) is 24.9 Å². The van der Waals surface area contributed by atoms with Gasteiger partial charge < -0.3 is 9.80 Å². The lowest BCUT2D eigenvalue weighted by Crippen LogP contribution is -2.36. The largest absolute Gasteiger partial charge is 0.358 e. The zero-order chi connectivity index (χ0) is 14.7. The first-order chi connectivity index (χ1) is 10.3. The minimum atomic E-state index is 0.791. The SMILES string of the molecule is CN(CCN(C)C1CCCC1)c1nccc2ccccc12.